The van der Waals surface area contributed by atoms with Gasteiger partial charge in [0.15, 0.2) is 11.5 Å². The molecule has 0 unspecified atom stereocenters. The second-order valence-electron chi connectivity index (χ2n) is 3.03. The second-order valence-corrected chi connectivity index (χ2v) is 3.03. The number of halogens is 1. The molecule has 0 saturated heterocycles. The van der Waals surface area contributed by atoms with Gasteiger partial charge in [0.2, 0.25) is 0 Å². The van der Waals surface area contributed by atoms with Crippen LogP contribution < -0.4 is 16.2 Å². The molecule has 0 aliphatic rings. The van der Waals surface area contributed by atoms with E-state index in [0.717, 1.165) is 0 Å². The number of hydrogen-bond acceptors (Lipinski definition) is 5. The van der Waals surface area contributed by atoms with E-state index in [4.69, 9.17) is 21.5 Å². The van der Waals surface area contributed by atoms with Crippen LogP contribution in [0.25, 0.3) is 0 Å². The highest BCUT2D eigenvalue weighted by atomic mass is 35.5. The smallest absolute Gasteiger partial charge is 0.163 e. The lowest BCUT2D eigenvalue weighted by Crippen LogP contribution is -2.22. The summed E-state index contributed by atoms with van der Waals surface area (Å²) in [6, 6.07) is 4.44. The molecule has 5 N–H and O–H groups in total. The van der Waals surface area contributed by atoms with E-state index >= 15 is 0 Å². The van der Waals surface area contributed by atoms with Gasteiger partial charge in [0, 0.05) is 18.2 Å². The number of nitriles is 1. The lowest BCUT2D eigenvalue weighted by atomic mass is 10.00. The molecule has 0 saturated carbocycles. The summed E-state index contributed by atoms with van der Waals surface area (Å²) in [7, 11) is 1.43. The molecule has 0 bridgehead atoms. The average Bonchev–Trinajstić information content (AvgIpc) is 2.27. The molecule has 0 radical (unpaired) electrons. The van der Waals surface area contributed by atoms with Crippen molar-refractivity contribution in [1.82, 2.24) is 0 Å². The van der Waals surface area contributed by atoms with Crippen LogP contribution >= 0.6 is 12.4 Å². The maximum atomic E-state index is 9.79. The molecule has 88 valence electrons. The van der Waals surface area contributed by atoms with Crippen molar-refractivity contribution >= 4 is 12.4 Å². The molecular weight excluding hydrogens is 230 g/mol. The van der Waals surface area contributed by atoms with Crippen molar-refractivity contribution < 1.29 is 9.84 Å². The molecule has 1 rings (SSSR count). The second kappa shape index (κ2) is 6.18. The Kier molecular flexibility index (Phi) is 5.61. The van der Waals surface area contributed by atoms with Gasteiger partial charge < -0.3 is 21.3 Å². The van der Waals surface area contributed by atoms with E-state index in [1.54, 1.807) is 6.07 Å². The van der Waals surface area contributed by atoms with Gasteiger partial charge in [0.25, 0.3) is 0 Å². The number of phenols is 1. The Morgan fingerprint density at radius 2 is 2.19 bits per heavy atom. The average molecular weight is 244 g/mol. The van der Waals surface area contributed by atoms with Crippen molar-refractivity contribution in [1.29, 1.82) is 5.26 Å². The topological polar surface area (TPSA) is 105 Å². The summed E-state index contributed by atoms with van der Waals surface area (Å²) in [5, 5.41) is 18.6. The molecule has 5 nitrogen and oxygen atoms in total. The Hall–Kier alpha value is -1.48. The molecule has 0 heterocycles. The summed E-state index contributed by atoms with van der Waals surface area (Å²) in [5.41, 5.74) is 11.7. The Labute approximate surface area is 100 Å². The van der Waals surface area contributed by atoms with Gasteiger partial charge in [-0.1, -0.05) is 0 Å². The minimum absolute atomic E-state index is 0. The summed E-state index contributed by atoms with van der Waals surface area (Å²) < 4.78 is 4.92. The zero-order valence-electron chi connectivity index (χ0n) is 8.80. The van der Waals surface area contributed by atoms with Crippen LogP contribution in [0.2, 0.25) is 0 Å². The van der Waals surface area contributed by atoms with Crippen molar-refractivity contribution in [3.63, 3.8) is 0 Å². The first-order valence-electron chi connectivity index (χ1n) is 4.41. The lowest BCUT2D eigenvalue weighted by molar-refractivity contribution is 0.368. The molecule has 16 heavy (non-hydrogen) atoms. The number of aromatic hydroxyl groups is 1. The first-order chi connectivity index (χ1) is 7.15. The monoisotopic (exact) mass is 243 g/mol. The number of nitrogens with two attached hydrogens (primary N) is 2. The molecule has 0 aliphatic heterocycles. The highest BCUT2D eigenvalue weighted by molar-refractivity contribution is 5.85. The molecule has 0 spiro atoms. The Morgan fingerprint density at radius 1 is 1.56 bits per heavy atom. The number of methoxy groups -OCH3 is 1. The third kappa shape index (κ3) is 2.55. The molecule has 0 aliphatic carbocycles. The van der Waals surface area contributed by atoms with Crippen molar-refractivity contribution in [2.75, 3.05) is 13.7 Å². The van der Waals surface area contributed by atoms with Crippen LogP contribution in [0.15, 0.2) is 12.1 Å². The van der Waals surface area contributed by atoms with Crippen LogP contribution in [-0.2, 0) is 0 Å². The van der Waals surface area contributed by atoms with Crippen molar-refractivity contribution in [3.05, 3.63) is 23.3 Å². The van der Waals surface area contributed by atoms with Crippen LogP contribution in [-0.4, -0.2) is 18.8 Å². The summed E-state index contributed by atoms with van der Waals surface area (Å²) in [6.45, 7) is 0.148. The maximum absolute atomic E-state index is 9.79. The Bertz CT molecular complexity index is 404. The van der Waals surface area contributed by atoms with Crippen LogP contribution in [0.4, 0.5) is 0 Å². The van der Waals surface area contributed by atoms with Crippen LogP contribution in [0, 0.1) is 11.3 Å². The molecule has 0 amide bonds. The van der Waals surface area contributed by atoms with Crippen molar-refractivity contribution in [2.45, 2.75) is 6.04 Å². The largest absolute Gasteiger partial charge is 0.504 e. The van der Waals surface area contributed by atoms with Gasteiger partial charge in [0.05, 0.1) is 18.7 Å². The van der Waals surface area contributed by atoms with E-state index in [2.05, 4.69) is 0 Å². The summed E-state index contributed by atoms with van der Waals surface area (Å²) >= 11 is 0. The third-order valence-corrected chi connectivity index (χ3v) is 2.15. The van der Waals surface area contributed by atoms with Gasteiger partial charge in [-0.3, -0.25) is 0 Å². The highest BCUT2D eigenvalue weighted by Gasteiger charge is 2.18. The number of rotatable bonds is 3. The molecule has 6 heteroatoms. The van der Waals surface area contributed by atoms with E-state index < -0.39 is 6.04 Å². The third-order valence-electron chi connectivity index (χ3n) is 2.15. The van der Waals surface area contributed by atoms with Gasteiger partial charge >= 0.3 is 0 Å². The zero-order valence-corrected chi connectivity index (χ0v) is 9.62. The number of hydrogen-bond donors (Lipinski definition) is 3. The molecule has 0 aromatic heterocycles. The Balaban J connectivity index is 0.00000225. The quantitative estimate of drug-likeness (QED) is 0.723. The van der Waals surface area contributed by atoms with E-state index in [0.29, 0.717) is 11.1 Å². The minimum atomic E-state index is -0.574. The molecule has 0 fully saturated rings. The standard InChI is InChI=1S/C10H13N3O2.ClH/c1-15-8-3-2-6(4-11)9(10(8)14)7(13)5-12;/h2-3,7,14H,5,12-13H2,1H3;1H/t7-;/m1./s1. The normalized spacial score (nSPS) is 11.1. The molecule has 1 aromatic carbocycles. The number of phenolic OH excluding ortho intramolecular Hbond substituents is 1. The van der Waals surface area contributed by atoms with Gasteiger partial charge in [-0.2, -0.15) is 5.26 Å². The number of benzene rings is 1. The fourth-order valence-corrected chi connectivity index (χ4v) is 1.34. The molecule has 1 aromatic rings. The van der Waals surface area contributed by atoms with Crippen LogP contribution in [0.1, 0.15) is 17.2 Å². The SMILES string of the molecule is COc1ccc(C#N)c([C@H](N)CN)c1O.Cl. The van der Waals surface area contributed by atoms with Crippen molar-refractivity contribution in [2.24, 2.45) is 11.5 Å². The summed E-state index contributed by atoms with van der Waals surface area (Å²) in [5.74, 6) is 0.169. The molecule has 1 atom stereocenters. The first-order valence-corrected chi connectivity index (χ1v) is 4.41. The van der Waals surface area contributed by atoms with Gasteiger partial charge in [0.1, 0.15) is 0 Å². The fraction of sp³-hybridized carbons (Fsp3) is 0.300. The van der Waals surface area contributed by atoms with Crippen LogP contribution in [0.3, 0.4) is 0 Å². The van der Waals surface area contributed by atoms with Gasteiger partial charge in [-0.05, 0) is 12.1 Å². The number of ether oxygens (including phenoxy) is 1. The lowest BCUT2D eigenvalue weighted by Gasteiger charge is -2.15. The predicted octanol–water partition coefficient (Wildman–Crippen LogP) is 0.653. The van der Waals surface area contributed by atoms with Gasteiger partial charge in [-0.25, -0.2) is 0 Å². The highest BCUT2D eigenvalue weighted by Crippen LogP contribution is 2.34. The van der Waals surface area contributed by atoms with E-state index in [1.165, 1.54) is 13.2 Å². The van der Waals surface area contributed by atoms with E-state index in [-0.39, 0.29) is 30.5 Å². The fourth-order valence-electron chi connectivity index (χ4n) is 1.34. The maximum Gasteiger partial charge on any atom is 0.163 e. The summed E-state index contributed by atoms with van der Waals surface area (Å²) in [6.07, 6.45) is 0. The minimum Gasteiger partial charge on any atom is -0.504 e. The zero-order chi connectivity index (χ0) is 11.4. The number of nitrogens with zero attached hydrogens (tertiary/aromatic N) is 1. The van der Waals surface area contributed by atoms with Crippen molar-refractivity contribution in [3.8, 4) is 17.6 Å². The summed E-state index contributed by atoms with van der Waals surface area (Å²) in [4.78, 5) is 0. The first kappa shape index (κ1) is 14.5. The molecular formula is C10H14ClN3O2. The predicted molar refractivity (Wildman–Crippen MR) is 62.6 cm³/mol. The van der Waals surface area contributed by atoms with Crippen LogP contribution in [0.5, 0.6) is 11.5 Å². The van der Waals surface area contributed by atoms with E-state index in [9.17, 15) is 5.11 Å². The Morgan fingerprint density at radius 3 is 2.62 bits per heavy atom. The van der Waals surface area contributed by atoms with Gasteiger partial charge in [-0.15, -0.1) is 12.4 Å². The van der Waals surface area contributed by atoms with E-state index in [1.807, 2.05) is 6.07 Å².